The summed E-state index contributed by atoms with van der Waals surface area (Å²) in [5, 5.41) is 20.0. The molecule has 0 aliphatic carbocycles. The molecule has 5 heteroatoms. The summed E-state index contributed by atoms with van der Waals surface area (Å²) in [5.41, 5.74) is 6.11. The number of hydrogen-bond donors (Lipinski definition) is 2. The third-order valence-corrected chi connectivity index (χ3v) is 1.75. The van der Waals surface area contributed by atoms with Crippen LogP contribution in [-0.4, -0.2) is 4.98 Å². The van der Waals surface area contributed by atoms with Gasteiger partial charge in [-0.3, -0.25) is 4.98 Å². The van der Waals surface area contributed by atoms with Gasteiger partial charge in [0, 0.05) is 6.20 Å². The fourth-order valence-electron chi connectivity index (χ4n) is 0.968. The Hall–Kier alpha value is -2.79. The molecular formula is C11H9N5. The first kappa shape index (κ1) is 11.3. The molecule has 0 aliphatic heterocycles. The molecule has 0 spiro atoms. The second kappa shape index (κ2) is 5.18. The van der Waals surface area contributed by atoms with E-state index in [0.29, 0.717) is 11.4 Å². The molecule has 0 saturated carbocycles. The average Bonchev–Trinajstić information content (AvgIpc) is 2.35. The maximum atomic E-state index is 8.76. The van der Waals surface area contributed by atoms with Crippen molar-refractivity contribution in [2.75, 3.05) is 0 Å². The van der Waals surface area contributed by atoms with Gasteiger partial charge in [-0.2, -0.15) is 10.5 Å². The normalized spacial score (nSPS) is 10.6. The van der Waals surface area contributed by atoms with Crippen molar-refractivity contribution in [1.29, 1.82) is 10.5 Å². The number of pyridine rings is 1. The monoisotopic (exact) mass is 211 g/mol. The van der Waals surface area contributed by atoms with Crippen molar-refractivity contribution >= 4 is 5.70 Å². The Morgan fingerprint density at radius 3 is 2.62 bits per heavy atom. The minimum Gasteiger partial charge on any atom is -0.388 e. The molecule has 0 aromatic carbocycles. The van der Waals surface area contributed by atoms with Crippen molar-refractivity contribution < 1.29 is 0 Å². The Morgan fingerprint density at radius 2 is 2.12 bits per heavy atom. The maximum absolute atomic E-state index is 8.76. The molecule has 0 saturated heterocycles. The Labute approximate surface area is 93.1 Å². The van der Waals surface area contributed by atoms with Gasteiger partial charge in [-0.25, -0.2) is 0 Å². The van der Waals surface area contributed by atoms with E-state index in [2.05, 4.69) is 16.9 Å². The van der Waals surface area contributed by atoms with E-state index < -0.39 is 0 Å². The Bertz CT molecular complexity index is 501. The highest BCUT2D eigenvalue weighted by molar-refractivity contribution is 5.61. The lowest BCUT2D eigenvalue weighted by molar-refractivity contribution is 1.08. The number of rotatable bonds is 3. The fourth-order valence-corrected chi connectivity index (χ4v) is 0.968. The summed E-state index contributed by atoms with van der Waals surface area (Å²) in [5.74, 6) is 0. The van der Waals surface area contributed by atoms with Crippen molar-refractivity contribution in [2.45, 2.75) is 0 Å². The predicted octanol–water partition coefficient (Wildman–Crippen LogP) is 0.859. The van der Waals surface area contributed by atoms with Gasteiger partial charge in [-0.05, 0) is 12.1 Å². The summed E-state index contributed by atoms with van der Waals surface area (Å²) in [4.78, 5) is 4.03. The Kier molecular flexibility index (Phi) is 3.65. The lowest BCUT2D eigenvalue weighted by atomic mass is 10.2. The predicted molar refractivity (Wildman–Crippen MR) is 58.8 cm³/mol. The van der Waals surface area contributed by atoms with Gasteiger partial charge >= 0.3 is 0 Å². The van der Waals surface area contributed by atoms with Gasteiger partial charge in [0.15, 0.2) is 5.70 Å². The molecule has 0 radical (unpaired) electrons. The Morgan fingerprint density at radius 1 is 1.38 bits per heavy atom. The standard InChI is InChI=1S/C11H9N5/c1-8(10-4-2-3-5-15-10)16-11(7-13)9(14)6-12/h2-5,16H,1,14H2/b11-9-. The van der Waals surface area contributed by atoms with Crippen molar-refractivity contribution in [3.05, 3.63) is 48.1 Å². The number of allylic oxidation sites excluding steroid dienone is 2. The van der Waals surface area contributed by atoms with E-state index in [4.69, 9.17) is 16.3 Å². The van der Waals surface area contributed by atoms with E-state index in [-0.39, 0.29) is 11.4 Å². The number of nitriles is 2. The molecule has 5 nitrogen and oxygen atoms in total. The molecule has 0 amide bonds. The van der Waals surface area contributed by atoms with Gasteiger partial charge in [0.1, 0.15) is 17.8 Å². The Balaban J connectivity index is 2.89. The van der Waals surface area contributed by atoms with Crippen LogP contribution in [0.3, 0.4) is 0 Å². The van der Waals surface area contributed by atoms with E-state index in [1.807, 2.05) is 0 Å². The zero-order valence-electron chi connectivity index (χ0n) is 8.44. The first-order valence-corrected chi connectivity index (χ1v) is 4.36. The summed E-state index contributed by atoms with van der Waals surface area (Å²) < 4.78 is 0. The fraction of sp³-hybridized carbons (Fsp3) is 0. The van der Waals surface area contributed by atoms with Crippen LogP contribution in [0.25, 0.3) is 5.70 Å². The largest absolute Gasteiger partial charge is 0.388 e. The molecule has 0 bridgehead atoms. The SMILES string of the molecule is C=C(N/C(C#N)=C(\N)C#N)c1ccccn1. The number of aromatic nitrogens is 1. The molecule has 0 atom stereocenters. The van der Waals surface area contributed by atoms with Gasteiger partial charge in [-0.15, -0.1) is 0 Å². The number of nitrogens with two attached hydrogens (primary N) is 1. The van der Waals surface area contributed by atoms with Crippen LogP contribution in [0.15, 0.2) is 42.4 Å². The third kappa shape index (κ3) is 2.60. The zero-order valence-corrected chi connectivity index (χ0v) is 8.44. The lowest BCUT2D eigenvalue weighted by Gasteiger charge is -2.07. The first-order valence-electron chi connectivity index (χ1n) is 4.36. The van der Waals surface area contributed by atoms with Gasteiger partial charge < -0.3 is 11.1 Å². The van der Waals surface area contributed by atoms with Gasteiger partial charge in [0.05, 0.1) is 11.4 Å². The number of nitrogens with zero attached hydrogens (tertiary/aromatic N) is 3. The van der Waals surface area contributed by atoms with E-state index in [0.717, 1.165) is 0 Å². The van der Waals surface area contributed by atoms with Crippen LogP contribution in [0.5, 0.6) is 0 Å². The quantitative estimate of drug-likeness (QED) is 0.722. The minimum absolute atomic E-state index is 0.0295. The molecule has 16 heavy (non-hydrogen) atoms. The highest BCUT2D eigenvalue weighted by Crippen LogP contribution is 2.07. The molecule has 3 N–H and O–H groups in total. The van der Waals surface area contributed by atoms with Crippen LogP contribution in [0.4, 0.5) is 0 Å². The highest BCUT2D eigenvalue weighted by atomic mass is 14.9. The number of nitrogens with one attached hydrogen (secondary N) is 1. The smallest absolute Gasteiger partial charge is 0.152 e. The molecule has 1 aromatic heterocycles. The highest BCUT2D eigenvalue weighted by Gasteiger charge is 2.05. The van der Waals surface area contributed by atoms with E-state index in [9.17, 15) is 0 Å². The molecule has 0 fully saturated rings. The average molecular weight is 211 g/mol. The van der Waals surface area contributed by atoms with E-state index >= 15 is 0 Å². The van der Waals surface area contributed by atoms with Crippen LogP contribution in [0.2, 0.25) is 0 Å². The zero-order chi connectivity index (χ0) is 12.0. The van der Waals surface area contributed by atoms with Gasteiger partial charge in [0.25, 0.3) is 0 Å². The topological polar surface area (TPSA) is 98.5 Å². The van der Waals surface area contributed by atoms with E-state index in [1.165, 1.54) is 0 Å². The van der Waals surface area contributed by atoms with Crippen molar-refractivity contribution in [3.63, 3.8) is 0 Å². The maximum Gasteiger partial charge on any atom is 0.152 e. The van der Waals surface area contributed by atoms with Crippen LogP contribution in [0.1, 0.15) is 5.69 Å². The number of hydrogen-bond acceptors (Lipinski definition) is 5. The third-order valence-electron chi connectivity index (χ3n) is 1.75. The second-order valence-electron chi connectivity index (χ2n) is 2.83. The minimum atomic E-state index is -0.181. The molecule has 0 unspecified atom stereocenters. The molecule has 78 valence electrons. The molecule has 1 rings (SSSR count). The van der Waals surface area contributed by atoms with Crippen molar-refractivity contribution in [1.82, 2.24) is 10.3 Å². The summed E-state index contributed by atoms with van der Waals surface area (Å²) >= 11 is 0. The molecule has 1 aromatic rings. The van der Waals surface area contributed by atoms with Crippen LogP contribution in [0, 0.1) is 22.7 Å². The van der Waals surface area contributed by atoms with Crippen molar-refractivity contribution in [2.24, 2.45) is 5.73 Å². The summed E-state index contributed by atoms with van der Waals surface area (Å²) in [7, 11) is 0. The molecular weight excluding hydrogens is 202 g/mol. The van der Waals surface area contributed by atoms with Gasteiger partial charge in [-0.1, -0.05) is 12.6 Å². The first-order chi connectivity index (χ1) is 7.69. The second-order valence-corrected chi connectivity index (χ2v) is 2.83. The summed E-state index contributed by atoms with van der Waals surface area (Å²) in [6.07, 6.45) is 1.60. The summed E-state index contributed by atoms with van der Waals surface area (Å²) in [6.45, 7) is 3.71. The van der Waals surface area contributed by atoms with Gasteiger partial charge in [0.2, 0.25) is 0 Å². The summed E-state index contributed by atoms with van der Waals surface area (Å²) in [6, 6.07) is 8.75. The van der Waals surface area contributed by atoms with Crippen LogP contribution < -0.4 is 11.1 Å². The van der Waals surface area contributed by atoms with Crippen LogP contribution in [-0.2, 0) is 0 Å². The lowest BCUT2D eigenvalue weighted by Crippen LogP contribution is -2.15. The molecule has 0 aliphatic rings. The van der Waals surface area contributed by atoms with Crippen LogP contribution >= 0.6 is 0 Å². The molecule has 1 heterocycles. The van der Waals surface area contributed by atoms with E-state index in [1.54, 1.807) is 36.5 Å². The van der Waals surface area contributed by atoms with Crippen molar-refractivity contribution in [3.8, 4) is 12.1 Å².